The summed E-state index contributed by atoms with van der Waals surface area (Å²) >= 11 is 0. The van der Waals surface area contributed by atoms with Crippen molar-refractivity contribution in [2.45, 2.75) is 59.3 Å². The van der Waals surface area contributed by atoms with Gasteiger partial charge < -0.3 is 25.0 Å². The lowest BCUT2D eigenvalue weighted by molar-refractivity contribution is 0.0512. The average Bonchev–Trinajstić information content (AvgIpc) is 3.08. The Morgan fingerprint density at radius 1 is 1.37 bits per heavy atom. The number of hydrogen-bond acceptors (Lipinski definition) is 6. The number of benzene rings is 1. The van der Waals surface area contributed by atoms with Crippen molar-refractivity contribution in [2.75, 3.05) is 0 Å². The van der Waals surface area contributed by atoms with Gasteiger partial charge in [-0.15, -0.1) is 0 Å². The Morgan fingerprint density at radius 2 is 2.10 bits per heavy atom. The fraction of sp³-hybridized carbons (Fsp3) is 0.476. The molecule has 0 saturated heterocycles. The first kappa shape index (κ1) is 23.2. The molecule has 164 valence electrons. The van der Waals surface area contributed by atoms with Gasteiger partial charge in [0, 0.05) is 5.56 Å². The van der Waals surface area contributed by atoms with Crippen LogP contribution in [-0.4, -0.2) is 28.6 Å². The van der Waals surface area contributed by atoms with E-state index in [-0.39, 0.29) is 30.1 Å². The van der Waals surface area contributed by atoms with Crippen LogP contribution in [0.2, 0.25) is 0 Å². The van der Waals surface area contributed by atoms with Gasteiger partial charge in [0.25, 0.3) is 0 Å². The van der Waals surface area contributed by atoms with E-state index in [2.05, 4.69) is 15.5 Å². The summed E-state index contributed by atoms with van der Waals surface area (Å²) in [7, 11) is 0. The second-order valence-electron chi connectivity index (χ2n) is 8.27. The number of nitrogens with one attached hydrogen (secondary N) is 1. The highest BCUT2D eigenvalue weighted by molar-refractivity contribution is 5.88. The molecule has 0 fully saturated rings. The molecule has 8 nitrogen and oxygen atoms in total. The molecular formula is C21H29FN4O4. The summed E-state index contributed by atoms with van der Waals surface area (Å²) in [5.41, 5.74) is 6.38. The van der Waals surface area contributed by atoms with E-state index in [0.29, 0.717) is 17.7 Å². The Bertz CT molecular complexity index is 874. The summed E-state index contributed by atoms with van der Waals surface area (Å²) in [6, 6.07) is 5.38. The zero-order chi connectivity index (χ0) is 22.3. The number of carbonyl (C=O) groups is 1. The fourth-order valence-corrected chi connectivity index (χ4v) is 2.54. The normalized spacial score (nSPS) is 13.2. The van der Waals surface area contributed by atoms with Crippen LogP contribution in [0.25, 0.3) is 11.5 Å². The molecule has 0 saturated carbocycles. The summed E-state index contributed by atoms with van der Waals surface area (Å²) in [6.07, 6.45) is 1.38. The van der Waals surface area contributed by atoms with E-state index in [1.54, 1.807) is 32.9 Å². The molecule has 9 heteroatoms. The number of hydrogen-bond donors (Lipinski definition) is 2. The zero-order valence-corrected chi connectivity index (χ0v) is 17.9. The first-order valence-corrected chi connectivity index (χ1v) is 9.68. The van der Waals surface area contributed by atoms with Crippen molar-refractivity contribution in [3.63, 3.8) is 0 Å². The molecule has 0 aliphatic carbocycles. The van der Waals surface area contributed by atoms with Gasteiger partial charge >= 0.3 is 6.09 Å². The Morgan fingerprint density at radius 3 is 2.73 bits per heavy atom. The van der Waals surface area contributed by atoms with Crippen molar-refractivity contribution >= 4 is 11.9 Å². The molecule has 0 aliphatic heterocycles. The molecule has 30 heavy (non-hydrogen) atoms. The van der Waals surface area contributed by atoms with Crippen molar-refractivity contribution in [3.8, 4) is 11.5 Å². The highest BCUT2D eigenvalue weighted by Crippen LogP contribution is 2.19. The van der Waals surface area contributed by atoms with Gasteiger partial charge in [0.1, 0.15) is 23.4 Å². The minimum absolute atomic E-state index is 0.000349. The Labute approximate surface area is 175 Å². The average molecular weight is 420 g/mol. The fourth-order valence-electron chi connectivity index (χ4n) is 2.54. The predicted molar refractivity (Wildman–Crippen MR) is 111 cm³/mol. The molecule has 1 aromatic carbocycles. The van der Waals surface area contributed by atoms with Crippen molar-refractivity contribution in [3.05, 3.63) is 42.0 Å². The van der Waals surface area contributed by atoms with Crippen LogP contribution in [0.4, 0.5) is 9.18 Å². The van der Waals surface area contributed by atoms with Gasteiger partial charge in [0.15, 0.2) is 12.4 Å². The third-order valence-corrected chi connectivity index (χ3v) is 3.76. The topological polar surface area (TPSA) is 112 Å². The van der Waals surface area contributed by atoms with E-state index in [0.717, 1.165) is 0 Å². The van der Waals surface area contributed by atoms with E-state index in [1.165, 1.54) is 18.4 Å². The van der Waals surface area contributed by atoms with Crippen molar-refractivity contribution in [2.24, 2.45) is 16.8 Å². The van der Waals surface area contributed by atoms with Gasteiger partial charge in [-0.1, -0.05) is 25.1 Å². The number of amidine groups is 1. The molecule has 1 unspecified atom stereocenters. The molecular weight excluding hydrogens is 391 g/mol. The number of oxime groups is 1. The number of aromatic nitrogens is 1. The molecule has 1 amide bonds. The summed E-state index contributed by atoms with van der Waals surface area (Å²) in [6.45, 7) is 9.34. The minimum Gasteiger partial charge on any atom is -0.444 e. The molecule has 2 aromatic rings. The number of amides is 1. The second-order valence-corrected chi connectivity index (χ2v) is 8.27. The predicted octanol–water partition coefficient (Wildman–Crippen LogP) is 4.21. The molecule has 0 bridgehead atoms. The minimum atomic E-state index is -0.624. The maximum Gasteiger partial charge on any atom is 0.408 e. The van der Waals surface area contributed by atoms with Crippen LogP contribution in [0, 0.1) is 11.7 Å². The molecule has 1 aromatic heterocycles. The van der Waals surface area contributed by atoms with Gasteiger partial charge in [-0.3, -0.25) is 0 Å². The summed E-state index contributed by atoms with van der Waals surface area (Å²) in [5.74, 6) is 0.260. The molecule has 0 radical (unpaired) electrons. The Balaban J connectivity index is 1.98. The molecule has 2 rings (SSSR count). The monoisotopic (exact) mass is 420 g/mol. The number of oxazole rings is 1. The lowest BCUT2D eigenvalue weighted by atomic mass is 10.0. The van der Waals surface area contributed by atoms with E-state index in [9.17, 15) is 9.18 Å². The van der Waals surface area contributed by atoms with E-state index < -0.39 is 17.7 Å². The lowest BCUT2D eigenvalue weighted by Gasteiger charge is -2.24. The first-order valence-electron chi connectivity index (χ1n) is 9.68. The van der Waals surface area contributed by atoms with Gasteiger partial charge in [-0.05, 0) is 51.3 Å². The third kappa shape index (κ3) is 7.73. The van der Waals surface area contributed by atoms with Crippen molar-refractivity contribution in [1.29, 1.82) is 0 Å². The van der Waals surface area contributed by atoms with E-state index in [4.69, 9.17) is 19.7 Å². The van der Waals surface area contributed by atoms with Crippen LogP contribution in [0.1, 0.15) is 46.7 Å². The maximum atomic E-state index is 13.3. The van der Waals surface area contributed by atoms with Gasteiger partial charge in [0.2, 0.25) is 5.89 Å². The lowest BCUT2D eigenvalue weighted by Crippen LogP contribution is -2.47. The number of alkyl carbamates (subject to hydrolysis) is 1. The quantitative estimate of drug-likeness (QED) is 0.376. The number of nitrogens with two attached hydrogens (primary N) is 1. The second kappa shape index (κ2) is 10.1. The highest BCUT2D eigenvalue weighted by Gasteiger charge is 2.23. The maximum absolute atomic E-state index is 13.3. The number of ether oxygens (including phenoxy) is 1. The molecule has 3 N–H and O–H groups in total. The van der Waals surface area contributed by atoms with Crippen LogP contribution < -0.4 is 11.1 Å². The smallest absolute Gasteiger partial charge is 0.408 e. The number of carbonyl (C=O) groups excluding carboxylic acids is 1. The van der Waals surface area contributed by atoms with E-state index in [1.807, 2.05) is 13.8 Å². The third-order valence-electron chi connectivity index (χ3n) is 3.76. The number of rotatable bonds is 8. The summed E-state index contributed by atoms with van der Waals surface area (Å²) < 4.78 is 24.0. The standard InChI is InChI=1S/C21H29FN4O4/c1-13(2)9-17(25-20(27)30-21(3,4)5)18(23)26-29-12-16-11-28-19(24-16)14-7-6-8-15(22)10-14/h6-8,10-11,13,17H,9,12H2,1-5H3,(H2,23,26)(H,25,27). The molecule has 1 heterocycles. The van der Waals surface area contributed by atoms with Crippen LogP contribution in [0.15, 0.2) is 40.1 Å². The first-order chi connectivity index (χ1) is 14.0. The largest absolute Gasteiger partial charge is 0.444 e. The molecule has 1 atom stereocenters. The Kier molecular flexibility index (Phi) is 7.79. The zero-order valence-electron chi connectivity index (χ0n) is 17.9. The molecule has 0 aliphatic rings. The number of nitrogens with zero attached hydrogens (tertiary/aromatic N) is 2. The highest BCUT2D eigenvalue weighted by atomic mass is 19.1. The van der Waals surface area contributed by atoms with Crippen LogP contribution >= 0.6 is 0 Å². The number of halogens is 1. The summed E-state index contributed by atoms with van der Waals surface area (Å²) in [4.78, 5) is 21.6. The van der Waals surface area contributed by atoms with Gasteiger partial charge in [-0.25, -0.2) is 14.2 Å². The summed E-state index contributed by atoms with van der Waals surface area (Å²) in [5, 5.41) is 6.62. The Hall–Kier alpha value is -3.10. The van der Waals surface area contributed by atoms with Crippen molar-refractivity contribution in [1.82, 2.24) is 10.3 Å². The van der Waals surface area contributed by atoms with E-state index >= 15 is 0 Å². The SMILES string of the molecule is CC(C)CC(NC(=O)OC(C)(C)C)C(N)=NOCc1coc(-c2cccc(F)c2)n1. The van der Waals surface area contributed by atoms with Crippen LogP contribution in [0.5, 0.6) is 0 Å². The van der Waals surface area contributed by atoms with Crippen LogP contribution in [0.3, 0.4) is 0 Å². The van der Waals surface area contributed by atoms with Crippen LogP contribution in [-0.2, 0) is 16.2 Å². The van der Waals surface area contributed by atoms with Gasteiger partial charge in [-0.2, -0.15) is 0 Å². The van der Waals surface area contributed by atoms with Crippen molar-refractivity contribution < 1.29 is 23.2 Å². The van der Waals surface area contributed by atoms with Gasteiger partial charge in [0.05, 0.1) is 6.04 Å². The molecule has 0 spiro atoms.